The molecule has 0 N–H and O–H groups in total. The Morgan fingerprint density at radius 2 is 1.78 bits per heavy atom. The van der Waals surface area contributed by atoms with Crippen LogP contribution in [-0.4, -0.2) is 0 Å². The van der Waals surface area contributed by atoms with Crippen LogP contribution in [0.5, 0.6) is 0 Å². The van der Waals surface area contributed by atoms with Crippen molar-refractivity contribution in [3.8, 4) is 11.3 Å². The minimum atomic E-state index is 0.186. The van der Waals surface area contributed by atoms with E-state index in [0.717, 1.165) is 22.4 Å². The summed E-state index contributed by atoms with van der Waals surface area (Å²) in [6, 6.07) is 8.65. The van der Waals surface area contributed by atoms with E-state index < -0.39 is 0 Å². The van der Waals surface area contributed by atoms with Crippen molar-refractivity contribution in [3.63, 3.8) is 0 Å². The Labute approximate surface area is 113 Å². The van der Waals surface area contributed by atoms with Crippen LogP contribution in [-0.2, 0) is 7.05 Å². The van der Waals surface area contributed by atoms with Crippen molar-refractivity contribution in [1.82, 2.24) is 0 Å². The minimum absolute atomic E-state index is 0.186. The summed E-state index contributed by atoms with van der Waals surface area (Å²) in [6.07, 6.45) is 0.439. The number of aryl methyl sites for hydroxylation is 1. The Kier molecular flexibility index (Phi) is 2.82. The van der Waals surface area contributed by atoms with Crippen molar-refractivity contribution in [2.45, 2.75) is 33.6 Å². The van der Waals surface area contributed by atoms with E-state index in [1.165, 1.54) is 5.56 Å². The van der Waals surface area contributed by atoms with Crippen LogP contribution < -0.4 is 4.57 Å². The van der Waals surface area contributed by atoms with Gasteiger partial charge in [0.1, 0.15) is 8.42 Å². The van der Waals surface area contributed by atoms with Crippen LogP contribution in [0.2, 0.25) is 0 Å². The second-order valence-electron chi connectivity index (χ2n) is 5.15. The maximum Gasteiger partial charge on any atom is 0.215 e. The Morgan fingerprint density at radius 1 is 1.11 bits per heavy atom. The van der Waals surface area contributed by atoms with Gasteiger partial charge in [0.2, 0.25) is 5.69 Å². The standard InChI is InChI=1S/C17H22N/c1-12(2)15-10-14(4)17(18(5)11-15)16-9-7-6-8-13(16)3/h6-12H,1-5H3/q+1/i10D,11D. The predicted octanol–water partition coefficient (Wildman–Crippen LogP) is 3.92. The SMILES string of the molecule is [2H]c1c(C)c(-c2ccccc2C)[n+](C)c([2H])c1C(C)C. The lowest BCUT2D eigenvalue weighted by atomic mass is 9.97. The monoisotopic (exact) mass is 242 g/mol. The highest BCUT2D eigenvalue weighted by molar-refractivity contribution is 5.64. The topological polar surface area (TPSA) is 3.88 Å². The quantitative estimate of drug-likeness (QED) is 0.703. The van der Waals surface area contributed by atoms with E-state index in [4.69, 9.17) is 2.74 Å². The molecule has 1 heterocycles. The molecule has 2 aromatic rings. The average molecular weight is 242 g/mol. The highest BCUT2D eigenvalue weighted by atomic mass is 14.9. The van der Waals surface area contributed by atoms with Crippen LogP contribution in [0.1, 0.15) is 39.2 Å². The molecule has 94 valence electrons. The third-order valence-electron chi connectivity index (χ3n) is 3.28. The first-order chi connectivity index (χ1) is 9.36. The number of rotatable bonds is 2. The Balaban J connectivity index is 2.84. The van der Waals surface area contributed by atoms with Gasteiger partial charge >= 0.3 is 0 Å². The first-order valence-electron chi connectivity index (χ1n) is 7.42. The summed E-state index contributed by atoms with van der Waals surface area (Å²) < 4.78 is 18.7. The smallest absolute Gasteiger partial charge is 0.201 e. The predicted molar refractivity (Wildman–Crippen MR) is 76.6 cm³/mol. The Morgan fingerprint density at radius 3 is 2.39 bits per heavy atom. The maximum absolute atomic E-state index is 8.39. The molecule has 1 aromatic heterocycles. The number of aromatic nitrogens is 1. The van der Waals surface area contributed by atoms with Crippen LogP contribution in [0.4, 0.5) is 0 Å². The van der Waals surface area contributed by atoms with Gasteiger partial charge in [0.15, 0.2) is 6.17 Å². The van der Waals surface area contributed by atoms with E-state index in [2.05, 4.69) is 19.1 Å². The minimum Gasteiger partial charge on any atom is -0.201 e. The van der Waals surface area contributed by atoms with Gasteiger partial charge in [-0.25, -0.2) is 4.57 Å². The first kappa shape index (κ1) is 10.3. The number of nitrogens with zero attached hydrogens (tertiary/aromatic N) is 1. The molecule has 0 amide bonds. The second-order valence-corrected chi connectivity index (χ2v) is 5.15. The molecule has 18 heavy (non-hydrogen) atoms. The molecule has 0 spiro atoms. The van der Waals surface area contributed by atoms with E-state index in [0.29, 0.717) is 12.2 Å². The fourth-order valence-electron chi connectivity index (χ4n) is 2.27. The van der Waals surface area contributed by atoms with E-state index >= 15 is 0 Å². The summed E-state index contributed by atoms with van der Waals surface area (Å²) in [5.41, 5.74) is 5.01. The molecule has 0 saturated heterocycles. The molecule has 0 radical (unpaired) electrons. The third-order valence-corrected chi connectivity index (χ3v) is 3.28. The number of pyridine rings is 1. The van der Waals surface area contributed by atoms with Gasteiger partial charge in [0.25, 0.3) is 0 Å². The van der Waals surface area contributed by atoms with Gasteiger partial charge in [0, 0.05) is 16.7 Å². The molecular formula is C17H22N+. The zero-order valence-corrected chi connectivity index (χ0v) is 11.8. The molecule has 0 atom stereocenters. The second kappa shape index (κ2) is 4.93. The molecule has 0 unspecified atom stereocenters. The van der Waals surface area contributed by atoms with E-state index in [1.54, 1.807) is 0 Å². The van der Waals surface area contributed by atoms with Gasteiger partial charge in [-0.1, -0.05) is 32.0 Å². The van der Waals surface area contributed by atoms with Crippen molar-refractivity contribution in [2.24, 2.45) is 7.05 Å². The number of benzene rings is 1. The van der Waals surface area contributed by atoms with Crippen molar-refractivity contribution in [3.05, 3.63) is 53.2 Å². The van der Waals surface area contributed by atoms with Crippen LogP contribution >= 0.6 is 0 Å². The van der Waals surface area contributed by atoms with Crippen molar-refractivity contribution >= 4 is 0 Å². The molecule has 0 aliphatic carbocycles. The molecule has 0 aliphatic heterocycles. The fraction of sp³-hybridized carbons (Fsp3) is 0.353. The first-order valence-corrected chi connectivity index (χ1v) is 6.42. The average Bonchev–Trinajstić information content (AvgIpc) is 2.39. The molecular weight excluding hydrogens is 218 g/mol. The summed E-state index contributed by atoms with van der Waals surface area (Å²) in [5, 5.41) is 0. The molecule has 0 bridgehead atoms. The third kappa shape index (κ3) is 2.31. The molecule has 0 fully saturated rings. The van der Waals surface area contributed by atoms with Gasteiger partial charge in [-0.3, -0.25) is 0 Å². The highest BCUT2D eigenvalue weighted by Crippen LogP contribution is 2.25. The van der Waals surface area contributed by atoms with Gasteiger partial charge in [0.05, 0.1) is 1.37 Å². The van der Waals surface area contributed by atoms with Crippen molar-refractivity contribution in [1.29, 1.82) is 0 Å². The highest BCUT2D eigenvalue weighted by Gasteiger charge is 2.17. The maximum atomic E-state index is 8.39. The lowest BCUT2D eigenvalue weighted by Gasteiger charge is -2.10. The zero-order chi connectivity index (χ0) is 15.0. The van der Waals surface area contributed by atoms with Gasteiger partial charge < -0.3 is 0 Å². The fourth-order valence-corrected chi connectivity index (χ4v) is 2.27. The summed E-state index contributed by atoms with van der Waals surface area (Å²) >= 11 is 0. The molecule has 2 rings (SSSR count). The Bertz CT molecular complexity index is 631. The van der Waals surface area contributed by atoms with E-state index in [1.807, 2.05) is 44.5 Å². The van der Waals surface area contributed by atoms with E-state index in [9.17, 15) is 0 Å². The number of hydrogen-bond acceptors (Lipinski definition) is 0. The van der Waals surface area contributed by atoms with Crippen molar-refractivity contribution in [2.75, 3.05) is 0 Å². The van der Waals surface area contributed by atoms with Crippen LogP contribution in [0.3, 0.4) is 0 Å². The lowest BCUT2D eigenvalue weighted by Crippen LogP contribution is -2.32. The van der Waals surface area contributed by atoms with E-state index in [-0.39, 0.29) is 5.92 Å². The largest absolute Gasteiger partial charge is 0.215 e. The lowest BCUT2D eigenvalue weighted by molar-refractivity contribution is -0.661. The summed E-state index contributed by atoms with van der Waals surface area (Å²) in [7, 11) is 1.92. The zero-order valence-electron chi connectivity index (χ0n) is 13.8. The van der Waals surface area contributed by atoms with Crippen LogP contribution in [0.15, 0.2) is 36.5 Å². The van der Waals surface area contributed by atoms with Crippen LogP contribution in [0, 0.1) is 13.8 Å². The molecule has 1 nitrogen and oxygen atoms in total. The summed E-state index contributed by atoms with van der Waals surface area (Å²) in [4.78, 5) is 0. The summed E-state index contributed by atoms with van der Waals surface area (Å²) in [5.74, 6) is 0.186. The molecule has 0 aliphatic rings. The van der Waals surface area contributed by atoms with Crippen molar-refractivity contribution < 1.29 is 7.31 Å². The van der Waals surface area contributed by atoms with Gasteiger partial charge in [-0.05, 0) is 37.4 Å². The number of hydrogen-bond donors (Lipinski definition) is 0. The van der Waals surface area contributed by atoms with Gasteiger partial charge in [-0.15, -0.1) is 0 Å². The van der Waals surface area contributed by atoms with Gasteiger partial charge in [-0.2, -0.15) is 0 Å². The van der Waals surface area contributed by atoms with Crippen LogP contribution in [0.25, 0.3) is 11.3 Å². The summed E-state index contributed by atoms with van der Waals surface area (Å²) in [6.45, 7) is 8.13. The molecule has 1 heteroatoms. The molecule has 1 aromatic carbocycles. The molecule has 0 saturated carbocycles. The normalized spacial score (nSPS) is 12.6. The Hall–Kier alpha value is -1.63.